The first-order valence-corrected chi connectivity index (χ1v) is 12.5. The molecule has 4 rings (SSSR count). The number of morpholine rings is 2. The van der Waals surface area contributed by atoms with Crippen LogP contribution in [0.5, 0.6) is 11.5 Å². The molecule has 2 fully saturated rings. The first kappa shape index (κ1) is 28.6. The molecule has 8 nitrogen and oxygen atoms in total. The molecule has 0 saturated carbocycles. The van der Waals surface area contributed by atoms with Gasteiger partial charge in [0.25, 0.3) is 0 Å². The highest BCUT2D eigenvalue weighted by molar-refractivity contribution is 5.78. The third-order valence-corrected chi connectivity index (χ3v) is 6.68. The SMILES string of the molecule is CN(Cc1ccc(C#N)cc1)C(=O)CN1CC2CN(CCc3ccc(OC(F)F)c(OC(F)F)c3)CC(C1)O2. The van der Waals surface area contributed by atoms with Gasteiger partial charge in [-0.2, -0.15) is 22.8 Å². The first-order valence-electron chi connectivity index (χ1n) is 12.5. The van der Waals surface area contributed by atoms with Crippen molar-refractivity contribution in [2.24, 2.45) is 0 Å². The van der Waals surface area contributed by atoms with E-state index in [0.29, 0.717) is 56.8 Å². The minimum atomic E-state index is -3.16. The average molecular weight is 551 g/mol. The highest BCUT2D eigenvalue weighted by atomic mass is 19.3. The van der Waals surface area contributed by atoms with E-state index in [1.165, 1.54) is 12.1 Å². The predicted octanol–water partition coefficient (Wildman–Crippen LogP) is 3.35. The van der Waals surface area contributed by atoms with Gasteiger partial charge in [-0.3, -0.25) is 14.6 Å². The molecular formula is C27H30F4N4O4. The number of nitrogens with zero attached hydrogens (tertiary/aromatic N) is 4. The van der Waals surface area contributed by atoms with Crippen LogP contribution in [-0.4, -0.2) is 92.4 Å². The second-order valence-corrected chi connectivity index (χ2v) is 9.68. The fourth-order valence-electron chi connectivity index (χ4n) is 4.91. The van der Waals surface area contributed by atoms with Crippen LogP contribution >= 0.6 is 0 Å². The number of ether oxygens (including phenoxy) is 3. The molecule has 2 aromatic carbocycles. The summed E-state index contributed by atoms with van der Waals surface area (Å²) in [6.07, 6.45) is 0.346. The van der Waals surface area contributed by atoms with Crippen molar-refractivity contribution in [3.8, 4) is 17.6 Å². The minimum Gasteiger partial charge on any atom is -0.431 e. The van der Waals surface area contributed by atoms with Gasteiger partial charge in [0, 0.05) is 46.3 Å². The quantitative estimate of drug-likeness (QED) is 0.397. The number of carbonyl (C=O) groups is 1. The van der Waals surface area contributed by atoms with Gasteiger partial charge in [-0.25, -0.2) is 0 Å². The van der Waals surface area contributed by atoms with Crippen molar-refractivity contribution in [3.63, 3.8) is 0 Å². The lowest BCUT2D eigenvalue weighted by Gasteiger charge is -2.45. The fraction of sp³-hybridized carbons (Fsp3) is 0.481. The summed E-state index contributed by atoms with van der Waals surface area (Å²) in [6, 6.07) is 13.3. The van der Waals surface area contributed by atoms with E-state index in [4.69, 9.17) is 10.00 Å². The second-order valence-electron chi connectivity index (χ2n) is 9.68. The van der Waals surface area contributed by atoms with Gasteiger partial charge in [0.05, 0.1) is 30.4 Å². The van der Waals surface area contributed by atoms with Crippen LogP contribution in [0.1, 0.15) is 16.7 Å². The maximum absolute atomic E-state index is 12.8. The fourth-order valence-corrected chi connectivity index (χ4v) is 4.91. The largest absolute Gasteiger partial charge is 0.431 e. The summed E-state index contributed by atoms with van der Waals surface area (Å²) >= 11 is 0. The summed E-state index contributed by atoms with van der Waals surface area (Å²) in [5.41, 5.74) is 2.18. The highest BCUT2D eigenvalue weighted by Crippen LogP contribution is 2.31. The van der Waals surface area contributed by atoms with Gasteiger partial charge in [-0.15, -0.1) is 0 Å². The smallest absolute Gasteiger partial charge is 0.387 e. The molecule has 2 saturated heterocycles. The Morgan fingerprint density at radius 2 is 1.56 bits per heavy atom. The van der Waals surface area contributed by atoms with E-state index >= 15 is 0 Å². The van der Waals surface area contributed by atoms with E-state index < -0.39 is 24.7 Å². The van der Waals surface area contributed by atoms with E-state index in [1.807, 2.05) is 12.1 Å². The van der Waals surface area contributed by atoms with Crippen LogP contribution in [0.4, 0.5) is 17.6 Å². The predicted molar refractivity (Wildman–Crippen MR) is 133 cm³/mol. The van der Waals surface area contributed by atoms with Gasteiger partial charge >= 0.3 is 13.2 Å². The lowest BCUT2D eigenvalue weighted by Crippen LogP contribution is -2.60. The molecule has 0 N–H and O–H groups in total. The maximum atomic E-state index is 12.8. The number of hydrogen-bond acceptors (Lipinski definition) is 7. The Hall–Kier alpha value is -3.40. The zero-order valence-corrected chi connectivity index (χ0v) is 21.4. The van der Waals surface area contributed by atoms with Crippen LogP contribution in [0, 0.1) is 11.3 Å². The van der Waals surface area contributed by atoms with Gasteiger partial charge < -0.3 is 19.1 Å². The normalized spacial score (nSPS) is 19.6. The lowest BCUT2D eigenvalue weighted by molar-refractivity contribution is -0.149. The number of halogens is 4. The number of rotatable bonds is 11. The van der Waals surface area contributed by atoms with Crippen LogP contribution < -0.4 is 9.47 Å². The number of nitriles is 1. The van der Waals surface area contributed by atoms with Crippen molar-refractivity contribution in [1.29, 1.82) is 5.26 Å². The van der Waals surface area contributed by atoms with E-state index in [1.54, 1.807) is 30.1 Å². The number of hydrogen-bond donors (Lipinski definition) is 0. The molecule has 0 aliphatic carbocycles. The van der Waals surface area contributed by atoms with Crippen molar-refractivity contribution in [1.82, 2.24) is 14.7 Å². The van der Waals surface area contributed by atoms with E-state index in [0.717, 1.165) is 5.56 Å². The first-order chi connectivity index (χ1) is 18.7. The molecule has 0 radical (unpaired) electrons. The van der Waals surface area contributed by atoms with Crippen LogP contribution in [-0.2, 0) is 22.5 Å². The summed E-state index contributed by atoms with van der Waals surface area (Å²) in [7, 11) is 1.76. The van der Waals surface area contributed by atoms with E-state index in [2.05, 4.69) is 25.3 Å². The van der Waals surface area contributed by atoms with Crippen LogP contribution in [0.15, 0.2) is 42.5 Å². The number of alkyl halides is 4. The molecule has 210 valence electrons. The van der Waals surface area contributed by atoms with Gasteiger partial charge in [-0.05, 0) is 41.8 Å². The Bertz CT molecular complexity index is 1150. The van der Waals surface area contributed by atoms with E-state index in [-0.39, 0.29) is 24.7 Å². The van der Waals surface area contributed by atoms with Gasteiger partial charge in [0.1, 0.15) is 0 Å². The Kier molecular flexibility index (Phi) is 9.61. The Morgan fingerprint density at radius 1 is 0.974 bits per heavy atom. The van der Waals surface area contributed by atoms with Crippen LogP contribution in [0.3, 0.4) is 0 Å². The number of likely N-dealkylation sites (N-methyl/N-ethyl adjacent to an activating group) is 1. The zero-order chi connectivity index (χ0) is 27.9. The average Bonchev–Trinajstić information content (AvgIpc) is 2.88. The number of fused-ring (bicyclic) bond motifs is 2. The van der Waals surface area contributed by atoms with Gasteiger partial charge in [0.2, 0.25) is 5.91 Å². The summed E-state index contributed by atoms with van der Waals surface area (Å²) in [6.45, 7) is -2.45. The van der Waals surface area contributed by atoms with Crippen molar-refractivity contribution < 1.29 is 36.6 Å². The molecule has 12 heteroatoms. The van der Waals surface area contributed by atoms with Gasteiger partial charge in [0.15, 0.2) is 11.5 Å². The molecule has 2 unspecified atom stereocenters. The lowest BCUT2D eigenvalue weighted by atomic mass is 10.1. The Labute approximate surface area is 224 Å². The third kappa shape index (κ3) is 8.29. The number of amides is 1. The molecule has 2 atom stereocenters. The second kappa shape index (κ2) is 13.1. The molecule has 39 heavy (non-hydrogen) atoms. The maximum Gasteiger partial charge on any atom is 0.387 e. The molecule has 2 bridgehead atoms. The summed E-state index contributed by atoms with van der Waals surface area (Å²) in [4.78, 5) is 18.8. The molecule has 1 amide bonds. The van der Waals surface area contributed by atoms with Crippen molar-refractivity contribution >= 4 is 5.91 Å². The van der Waals surface area contributed by atoms with Crippen molar-refractivity contribution in [3.05, 3.63) is 59.2 Å². The molecule has 2 aliphatic heterocycles. The molecule has 2 heterocycles. The monoisotopic (exact) mass is 550 g/mol. The van der Waals surface area contributed by atoms with Gasteiger partial charge in [-0.1, -0.05) is 18.2 Å². The Balaban J connectivity index is 1.26. The van der Waals surface area contributed by atoms with Crippen LogP contribution in [0.25, 0.3) is 0 Å². The molecule has 0 aromatic heterocycles. The van der Waals surface area contributed by atoms with Crippen molar-refractivity contribution in [2.45, 2.75) is 38.4 Å². The zero-order valence-electron chi connectivity index (χ0n) is 21.4. The standard InChI is InChI=1S/C27H30F4N4O4/c1-33(12-20-4-2-19(11-32)3-5-20)25(36)17-35-15-21-13-34(14-22(16-35)37-21)9-8-18-6-7-23(38-26(28)29)24(10-18)39-27(30)31/h2-7,10,21-22,26-27H,8-9,12-17H2,1H3. The Morgan fingerprint density at radius 3 is 2.18 bits per heavy atom. The minimum absolute atomic E-state index is 0.00252. The molecular weight excluding hydrogens is 520 g/mol. The molecule has 2 aliphatic rings. The van der Waals surface area contributed by atoms with Crippen molar-refractivity contribution in [2.75, 3.05) is 46.3 Å². The summed E-state index contributed by atoms with van der Waals surface area (Å²) < 4.78 is 65.3. The number of carbonyl (C=O) groups excluding carboxylic acids is 1. The highest BCUT2D eigenvalue weighted by Gasteiger charge is 2.35. The molecule has 2 aromatic rings. The van der Waals surface area contributed by atoms with Crippen LogP contribution in [0.2, 0.25) is 0 Å². The van der Waals surface area contributed by atoms with E-state index in [9.17, 15) is 22.4 Å². The topological polar surface area (TPSA) is 78.3 Å². The third-order valence-electron chi connectivity index (χ3n) is 6.68. The summed E-state index contributed by atoms with van der Waals surface area (Å²) in [5.74, 6) is -0.865. The summed E-state index contributed by atoms with van der Waals surface area (Å²) in [5, 5.41) is 8.93. The molecule has 0 spiro atoms. The number of benzene rings is 2.